The molecule has 0 radical (unpaired) electrons. The summed E-state index contributed by atoms with van der Waals surface area (Å²) >= 11 is 6.05. The Kier molecular flexibility index (Phi) is 4.81. The average molecular weight is 304 g/mol. The van der Waals surface area contributed by atoms with Crippen LogP contribution in [0.1, 0.15) is 29.0 Å². The Balaban J connectivity index is 2.30. The molecule has 21 heavy (non-hydrogen) atoms. The van der Waals surface area contributed by atoms with Crippen LogP contribution in [0.2, 0.25) is 5.02 Å². The highest BCUT2D eigenvalue weighted by molar-refractivity contribution is 6.31. The maximum atomic E-state index is 12.2. The lowest BCUT2D eigenvalue weighted by molar-refractivity contribution is 0.0828. The molecular formula is C16H18ClN3O. The minimum Gasteiger partial charge on any atom is -0.376 e. The smallest absolute Gasteiger partial charge is 0.255 e. The van der Waals surface area contributed by atoms with Crippen molar-refractivity contribution in [3.63, 3.8) is 0 Å². The van der Waals surface area contributed by atoms with E-state index in [2.05, 4.69) is 10.3 Å². The highest BCUT2D eigenvalue weighted by Gasteiger charge is 2.16. The molecule has 1 N–H and O–H groups in total. The number of nitrogens with one attached hydrogen (secondary N) is 1. The van der Waals surface area contributed by atoms with Crippen molar-refractivity contribution in [3.8, 4) is 0 Å². The number of aromatic nitrogens is 1. The van der Waals surface area contributed by atoms with Gasteiger partial charge in [0.25, 0.3) is 5.91 Å². The second-order valence-corrected chi connectivity index (χ2v) is 5.45. The van der Waals surface area contributed by atoms with Crippen LogP contribution in [-0.4, -0.2) is 29.9 Å². The van der Waals surface area contributed by atoms with E-state index in [1.54, 1.807) is 43.4 Å². The summed E-state index contributed by atoms with van der Waals surface area (Å²) in [5.41, 5.74) is 2.20. The molecule has 1 amide bonds. The van der Waals surface area contributed by atoms with E-state index in [0.29, 0.717) is 16.3 Å². The summed E-state index contributed by atoms with van der Waals surface area (Å²) in [6.45, 7) is 1.99. The van der Waals surface area contributed by atoms with Crippen LogP contribution in [0.25, 0.3) is 0 Å². The largest absolute Gasteiger partial charge is 0.376 e. The van der Waals surface area contributed by atoms with Crippen LogP contribution in [0.3, 0.4) is 0 Å². The number of carbonyl (C=O) groups excluding carboxylic acids is 1. The van der Waals surface area contributed by atoms with Gasteiger partial charge in [-0.1, -0.05) is 17.7 Å². The van der Waals surface area contributed by atoms with E-state index in [-0.39, 0.29) is 11.9 Å². The number of benzene rings is 1. The van der Waals surface area contributed by atoms with Gasteiger partial charge in [0, 0.05) is 31.0 Å². The Labute approximate surface area is 129 Å². The second-order valence-electron chi connectivity index (χ2n) is 5.01. The standard InChI is InChI=1S/C16H18ClN3O/c1-11(14-6-4-5-9-18-14)19-15-10-12(17)7-8-13(15)16(21)20(2)3/h4-11,19H,1-3H3. The van der Waals surface area contributed by atoms with Crippen molar-refractivity contribution in [1.29, 1.82) is 0 Å². The zero-order chi connectivity index (χ0) is 15.4. The molecule has 1 aromatic carbocycles. The first-order valence-electron chi connectivity index (χ1n) is 6.67. The van der Waals surface area contributed by atoms with Gasteiger partial charge < -0.3 is 10.2 Å². The van der Waals surface area contributed by atoms with E-state index >= 15 is 0 Å². The van der Waals surface area contributed by atoms with Gasteiger partial charge in [0.1, 0.15) is 0 Å². The van der Waals surface area contributed by atoms with Crippen molar-refractivity contribution in [1.82, 2.24) is 9.88 Å². The number of hydrogen-bond donors (Lipinski definition) is 1. The zero-order valence-corrected chi connectivity index (χ0v) is 13.1. The Morgan fingerprint density at radius 3 is 2.67 bits per heavy atom. The SMILES string of the molecule is CC(Nc1cc(Cl)ccc1C(=O)N(C)C)c1ccccn1. The molecule has 1 atom stereocenters. The third kappa shape index (κ3) is 3.73. The van der Waals surface area contributed by atoms with Crippen LogP contribution in [0.15, 0.2) is 42.6 Å². The number of rotatable bonds is 4. The summed E-state index contributed by atoms with van der Waals surface area (Å²) in [7, 11) is 3.45. The molecule has 1 unspecified atom stereocenters. The molecule has 0 aliphatic rings. The number of halogens is 1. The van der Waals surface area contributed by atoms with E-state index in [1.807, 2.05) is 25.1 Å². The van der Waals surface area contributed by atoms with Crippen LogP contribution < -0.4 is 5.32 Å². The Bertz CT molecular complexity index is 629. The molecule has 0 bridgehead atoms. The minimum absolute atomic E-state index is 0.0293. The Hall–Kier alpha value is -2.07. The number of amides is 1. The van der Waals surface area contributed by atoms with Crippen molar-refractivity contribution < 1.29 is 4.79 Å². The van der Waals surface area contributed by atoms with Crippen LogP contribution in [-0.2, 0) is 0 Å². The van der Waals surface area contributed by atoms with Crippen molar-refractivity contribution in [3.05, 3.63) is 58.9 Å². The predicted octanol–water partition coefficient (Wildman–Crippen LogP) is 3.61. The first-order chi connectivity index (χ1) is 9.99. The van der Waals surface area contributed by atoms with E-state index < -0.39 is 0 Å². The van der Waals surface area contributed by atoms with Gasteiger partial charge in [-0.2, -0.15) is 0 Å². The van der Waals surface area contributed by atoms with Gasteiger partial charge in [-0.05, 0) is 37.3 Å². The summed E-state index contributed by atoms with van der Waals surface area (Å²) in [6.07, 6.45) is 1.75. The lowest BCUT2D eigenvalue weighted by Crippen LogP contribution is -2.23. The highest BCUT2D eigenvalue weighted by Crippen LogP contribution is 2.25. The second kappa shape index (κ2) is 6.59. The van der Waals surface area contributed by atoms with Gasteiger partial charge in [0.05, 0.1) is 17.3 Å². The first kappa shape index (κ1) is 15.3. The highest BCUT2D eigenvalue weighted by atomic mass is 35.5. The molecule has 0 saturated carbocycles. The molecule has 110 valence electrons. The molecule has 0 spiro atoms. The third-order valence-corrected chi connectivity index (χ3v) is 3.36. The van der Waals surface area contributed by atoms with Crippen molar-refractivity contribution in [2.24, 2.45) is 0 Å². The van der Waals surface area contributed by atoms with Crippen LogP contribution in [0.5, 0.6) is 0 Å². The normalized spacial score (nSPS) is 11.8. The fraction of sp³-hybridized carbons (Fsp3) is 0.250. The Morgan fingerprint density at radius 1 is 1.29 bits per heavy atom. The van der Waals surface area contributed by atoms with Crippen LogP contribution >= 0.6 is 11.6 Å². The van der Waals surface area contributed by atoms with Gasteiger partial charge in [0.2, 0.25) is 0 Å². The molecule has 0 aliphatic heterocycles. The average Bonchev–Trinajstić information content (AvgIpc) is 2.47. The van der Waals surface area contributed by atoms with E-state index in [9.17, 15) is 4.79 Å². The van der Waals surface area contributed by atoms with Gasteiger partial charge >= 0.3 is 0 Å². The summed E-state index contributed by atoms with van der Waals surface area (Å²) < 4.78 is 0. The van der Waals surface area contributed by atoms with E-state index in [1.165, 1.54) is 0 Å². The number of pyridine rings is 1. The number of carbonyl (C=O) groups is 1. The van der Waals surface area contributed by atoms with Gasteiger partial charge in [0.15, 0.2) is 0 Å². The summed E-state index contributed by atoms with van der Waals surface area (Å²) in [5, 5.41) is 3.89. The van der Waals surface area contributed by atoms with Crippen LogP contribution in [0, 0.1) is 0 Å². The first-order valence-corrected chi connectivity index (χ1v) is 7.05. The fourth-order valence-corrected chi connectivity index (χ4v) is 2.17. The molecule has 0 aliphatic carbocycles. The molecule has 1 heterocycles. The summed E-state index contributed by atoms with van der Waals surface area (Å²) in [6, 6.07) is 10.9. The molecule has 2 rings (SSSR count). The topological polar surface area (TPSA) is 45.2 Å². The summed E-state index contributed by atoms with van der Waals surface area (Å²) in [4.78, 5) is 18.1. The van der Waals surface area contributed by atoms with Gasteiger partial charge in [-0.25, -0.2) is 0 Å². The van der Waals surface area contributed by atoms with Crippen molar-refractivity contribution in [2.45, 2.75) is 13.0 Å². The summed E-state index contributed by atoms with van der Waals surface area (Å²) in [5.74, 6) is -0.0672. The lowest BCUT2D eigenvalue weighted by atomic mass is 10.1. The van der Waals surface area contributed by atoms with E-state index in [4.69, 9.17) is 11.6 Å². The third-order valence-electron chi connectivity index (χ3n) is 3.12. The maximum Gasteiger partial charge on any atom is 0.255 e. The maximum absolute atomic E-state index is 12.2. The Morgan fingerprint density at radius 2 is 2.05 bits per heavy atom. The quantitative estimate of drug-likeness (QED) is 0.938. The number of anilines is 1. The molecule has 2 aromatic rings. The van der Waals surface area contributed by atoms with Crippen LogP contribution in [0.4, 0.5) is 5.69 Å². The molecular weight excluding hydrogens is 286 g/mol. The number of nitrogens with zero attached hydrogens (tertiary/aromatic N) is 2. The monoisotopic (exact) mass is 303 g/mol. The van der Waals surface area contributed by atoms with Crippen molar-refractivity contribution >= 4 is 23.2 Å². The lowest BCUT2D eigenvalue weighted by Gasteiger charge is -2.19. The fourth-order valence-electron chi connectivity index (χ4n) is 2.00. The minimum atomic E-state index is -0.0672. The molecule has 0 saturated heterocycles. The van der Waals surface area contributed by atoms with E-state index in [0.717, 1.165) is 5.69 Å². The zero-order valence-electron chi connectivity index (χ0n) is 12.3. The molecule has 0 fully saturated rings. The molecule has 4 nitrogen and oxygen atoms in total. The predicted molar refractivity (Wildman–Crippen MR) is 85.7 cm³/mol. The molecule has 1 aromatic heterocycles. The van der Waals surface area contributed by atoms with Gasteiger partial charge in [-0.3, -0.25) is 9.78 Å². The van der Waals surface area contributed by atoms with Crippen molar-refractivity contribution in [2.75, 3.05) is 19.4 Å². The molecule has 5 heteroatoms. The van der Waals surface area contributed by atoms with Gasteiger partial charge in [-0.15, -0.1) is 0 Å². The number of hydrogen-bond acceptors (Lipinski definition) is 3.